The second-order valence-electron chi connectivity index (χ2n) is 5.21. The van der Waals surface area contributed by atoms with Crippen LogP contribution in [0.3, 0.4) is 0 Å². The molecule has 2 N–H and O–H groups in total. The molecule has 0 aliphatic carbocycles. The number of hydrogen-bond acceptors (Lipinski definition) is 4. The van der Waals surface area contributed by atoms with Gasteiger partial charge >= 0.3 is 0 Å². The van der Waals surface area contributed by atoms with Crippen LogP contribution in [0.1, 0.15) is 20.3 Å². The summed E-state index contributed by atoms with van der Waals surface area (Å²) < 4.78 is 5.61. The Morgan fingerprint density at radius 1 is 1.31 bits per heavy atom. The lowest BCUT2D eigenvalue weighted by Crippen LogP contribution is -2.52. The molecule has 2 atom stereocenters. The van der Waals surface area contributed by atoms with Gasteiger partial charge in [0.05, 0.1) is 12.7 Å². The standard InChI is InChI=1S/C12H27N3O/c1-10(2)16-9-11(13)12-8-14(3)6-5-7-15(12)4/h10-12H,5-9,13H2,1-4H3. The van der Waals surface area contributed by atoms with Crippen LogP contribution in [0, 0.1) is 0 Å². The molecule has 1 heterocycles. The summed E-state index contributed by atoms with van der Waals surface area (Å²) in [6.45, 7) is 8.09. The first kappa shape index (κ1) is 13.9. The van der Waals surface area contributed by atoms with E-state index in [9.17, 15) is 0 Å². The predicted octanol–water partition coefficient (Wildman–Crippen LogP) is 0.375. The van der Waals surface area contributed by atoms with Crippen LogP contribution in [0.2, 0.25) is 0 Å². The second-order valence-corrected chi connectivity index (χ2v) is 5.21. The Labute approximate surface area is 99.7 Å². The van der Waals surface area contributed by atoms with E-state index in [0.29, 0.717) is 12.6 Å². The molecule has 0 spiro atoms. The normalized spacial score (nSPS) is 27.0. The minimum Gasteiger partial charge on any atom is -0.377 e. The van der Waals surface area contributed by atoms with Crippen molar-refractivity contribution in [1.29, 1.82) is 0 Å². The lowest BCUT2D eigenvalue weighted by atomic mass is 10.1. The van der Waals surface area contributed by atoms with Crippen molar-refractivity contribution in [2.45, 2.75) is 38.5 Å². The second kappa shape index (κ2) is 6.55. The maximum Gasteiger partial charge on any atom is 0.0636 e. The third-order valence-corrected chi connectivity index (χ3v) is 3.23. The molecule has 1 aliphatic heterocycles. The van der Waals surface area contributed by atoms with E-state index in [1.165, 1.54) is 13.0 Å². The SMILES string of the molecule is CC(C)OCC(N)C1CN(C)CCCN1C. The molecule has 4 heteroatoms. The third-order valence-electron chi connectivity index (χ3n) is 3.23. The van der Waals surface area contributed by atoms with Crippen molar-refractivity contribution in [2.75, 3.05) is 40.3 Å². The van der Waals surface area contributed by atoms with Crippen molar-refractivity contribution in [3.8, 4) is 0 Å². The zero-order valence-corrected chi connectivity index (χ0v) is 11.1. The first-order chi connectivity index (χ1) is 7.50. The summed E-state index contributed by atoms with van der Waals surface area (Å²) in [5.74, 6) is 0. The highest BCUT2D eigenvalue weighted by Crippen LogP contribution is 2.10. The molecule has 0 bridgehead atoms. The van der Waals surface area contributed by atoms with E-state index in [-0.39, 0.29) is 12.1 Å². The molecule has 0 saturated carbocycles. The van der Waals surface area contributed by atoms with Crippen molar-refractivity contribution in [2.24, 2.45) is 5.73 Å². The van der Waals surface area contributed by atoms with Crippen LogP contribution < -0.4 is 5.73 Å². The Morgan fingerprint density at radius 3 is 2.62 bits per heavy atom. The van der Waals surface area contributed by atoms with Gasteiger partial charge in [-0.25, -0.2) is 0 Å². The van der Waals surface area contributed by atoms with Gasteiger partial charge in [-0.3, -0.25) is 0 Å². The number of ether oxygens (including phenoxy) is 1. The molecule has 96 valence electrons. The van der Waals surface area contributed by atoms with E-state index in [2.05, 4.69) is 37.7 Å². The smallest absolute Gasteiger partial charge is 0.0636 e. The van der Waals surface area contributed by atoms with Crippen LogP contribution in [0.15, 0.2) is 0 Å². The summed E-state index contributed by atoms with van der Waals surface area (Å²) in [4.78, 5) is 4.74. The molecule has 2 unspecified atom stereocenters. The first-order valence-corrected chi connectivity index (χ1v) is 6.26. The Bertz CT molecular complexity index is 199. The summed E-state index contributed by atoms with van der Waals surface area (Å²) >= 11 is 0. The van der Waals surface area contributed by atoms with E-state index in [1.54, 1.807) is 0 Å². The van der Waals surface area contributed by atoms with E-state index in [0.717, 1.165) is 13.1 Å². The van der Waals surface area contributed by atoms with Gasteiger partial charge in [-0.1, -0.05) is 0 Å². The van der Waals surface area contributed by atoms with Gasteiger partial charge in [-0.05, 0) is 47.5 Å². The molecule has 1 saturated heterocycles. The van der Waals surface area contributed by atoms with Crippen LogP contribution in [0.4, 0.5) is 0 Å². The fourth-order valence-corrected chi connectivity index (χ4v) is 2.18. The molecule has 0 aromatic carbocycles. The van der Waals surface area contributed by atoms with Gasteiger partial charge in [0.15, 0.2) is 0 Å². The van der Waals surface area contributed by atoms with Crippen LogP contribution in [0.5, 0.6) is 0 Å². The summed E-state index contributed by atoms with van der Waals surface area (Å²) in [5, 5.41) is 0. The van der Waals surface area contributed by atoms with Gasteiger partial charge in [0, 0.05) is 18.6 Å². The van der Waals surface area contributed by atoms with Gasteiger partial charge < -0.3 is 20.3 Å². The highest BCUT2D eigenvalue weighted by atomic mass is 16.5. The number of rotatable bonds is 4. The molecule has 1 rings (SSSR count). The number of nitrogens with zero attached hydrogens (tertiary/aromatic N) is 2. The van der Waals surface area contributed by atoms with E-state index < -0.39 is 0 Å². The Hall–Kier alpha value is -0.160. The number of hydrogen-bond donors (Lipinski definition) is 1. The average molecular weight is 229 g/mol. The molecular formula is C12H27N3O. The zero-order chi connectivity index (χ0) is 12.1. The van der Waals surface area contributed by atoms with Gasteiger partial charge in [-0.2, -0.15) is 0 Å². The van der Waals surface area contributed by atoms with E-state index in [4.69, 9.17) is 10.5 Å². The van der Waals surface area contributed by atoms with Crippen LogP contribution in [-0.2, 0) is 4.74 Å². The lowest BCUT2D eigenvalue weighted by Gasteiger charge is -2.32. The molecule has 1 fully saturated rings. The quantitative estimate of drug-likeness (QED) is 0.756. The van der Waals surface area contributed by atoms with Gasteiger partial charge in [0.2, 0.25) is 0 Å². The first-order valence-electron chi connectivity index (χ1n) is 6.26. The highest BCUT2D eigenvalue weighted by molar-refractivity contribution is 4.85. The van der Waals surface area contributed by atoms with Crippen molar-refractivity contribution < 1.29 is 4.74 Å². The fourth-order valence-electron chi connectivity index (χ4n) is 2.18. The lowest BCUT2D eigenvalue weighted by molar-refractivity contribution is 0.0460. The number of likely N-dealkylation sites (N-methyl/N-ethyl adjacent to an activating group) is 2. The van der Waals surface area contributed by atoms with Gasteiger partial charge in [0.25, 0.3) is 0 Å². The molecule has 0 radical (unpaired) electrons. The predicted molar refractivity (Wildman–Crippen MR) is 67.6 cm³/mol. The number of nitrogens with two attached hydrogens (primary N) is 1. The maximum absolute atomic E-state index is 6.23. The Morgan fingerprint density at radius 2 is 2.00 bits per heavy atom. The molecule has 4 nitrogen and oxygen atoms in total. The summed E-state index contributed by atoms with van der Waals surface area (Å²) in [6.07, 6.45) is 1.49. The van der Waals surface area contributed by atoms with Crippen LogP contribution >= 0.6 is 0 Å². The summed E-state index contributed by atoms with van der Waals surface area (Å²) in [7, 11) is 4.33. The summed E-state index contributed by atoms with van der Waals surface area (Å²) in [6, 6.07) is 0.513. The minimum atomic E-state index is 0.105. The average Bonchev–Trinajstić information content (AvgIpc) is 2.37. The van der Waals surface area contributed by atoms with E-state index in [1.807, 2.05) is 0 Å². The van der Waals surface area contributed by atoms with Gasteiger partial charge in [0.1, 0.15) is 0 Å². The molecule has 0 aromatic rings. The monoisotopic (exact) mass is 229 g/mol. The van der Waals surface area contributed by atoms with Gasteiger partial charge in [-0.15, -0.1) is 0 Å². The fraction of sp³-hybridized carbons (Fsp3) is 1.00. The molecular weight excluding hydrogens is 202 g/mol. The topological polar surface area (TPSA) is 41.7 Å². The molecule has 0 aromatic heterocycles. The van der Waals surface area contributed by atoms with E-state index >= 15 is 0 Å². The van der Waals surface area contributed by atoms with Crippen molar-refractivity contribution in [1.82, 2.24) is 9.80 Å². The van der Waals surface area contributed by atoms with Crippen LogP contribution in [0.25, 0.3) is 0 Å². The highest BCUT2D eigenvalue weighted by Gasteiger charge is 2.26. The largest absolute Gasteiger partial charge is 0.377 e. The molecule has 0 amide bonds. The minimum absolute atomic E-state index is 0.105. The third kappa shape index (κ3) is 4.37. The Balaban J connectivity index is 2.46. The van der Waals surface area contributed by atoms with Crippen molar-refractivity contribution in [3.05, 3.63) is 0 Å². The summed E-state index contributed by atoms with van der Waals surface area (Å²) in [5.41, 5.74) is 6.23. The van der Waals surface area contributed by atoms with Crippen molar-refractivity contribution in [3.63, 3.8) is 0 Å². The van der Waals surface area contributed by atoms with Crippen molar-refractivity contribution >= 4 is 0 Å². The zero-order valence-electron chi connectivity index (χ0n) is 11.1. The molecule has 16 heavy (non-hydrogen) atoms. The maximum atomic E-state index is 6.23. The molecule has 1 aliphatic rings. The Kier molecular flexibility index (Phi) is 5.69. The van der Waals surface area contributed by atoms with Crippen LogP contribution in [-0.4, -0.2) is 68.3 Å².